The Morgan fingerprint density at radius 1 is 1.32 bits per heavy atom. The van der Waals surface area contributed by atoms with Gasteiger partial charge in [0.1, 0.15) is 0 Å². The smallest absolute Gasteiger partial charge is 0.264 e. The number of nitrogens with zero attached hydrogens (tertiary/aromatic N) is 4. The molecule has 164 valence electrons. The molecular formula is C21H23F2N5O3. The molecular weight excluding hydrogens is 408 g/mol. The number of nitrogens with one attached hydrogen (secondary N) is 1. The van der Waals surface area contributed by atoms with Crippen LogP contribution < -0.4 is 14.8 Å². The molecule has 3 heterocycles. The number of amides is 1. The maximum atomic E-state index is 13.7. The lowest BCUT2D eigenvalue weighted by Gasteiger charge is -2.15. The molecule has 1 aliphatic rings. The number of fused-ring (bicyclic) bond motifs is 1. The van der Waals surface area contributed by atoms with Gasteiger partial charge in [-0.3, -0.25) is 9.48 Å². The Morgan fingerprint density at radius 2 is 2.10 bits per heavy atom. The molecule has 8 nitrogen and oxygen atoms in total. The summed E-state index contributed by atoms with van der Waals surface area (Å²) in [6.07, 6.45) is 0.782. The summed E-state index contributed by atoms with van der Waals surface area (Å²) in [6, 6.07) is 4.37. The van der Waals surface area contributed by atoms with Gasteiger partial charge in [0.05, 0.1) is 24.2 Å². The van der Waals surface area contributed by atoms with Crippen LogP contribution in [0, 0.1) is 0 Å². The lowest BCUT2D eigenvalue weighted by molar-refractivity contribution is -0.123. The molecule has 0 aliphatic heterocycles. The topological polar surface area (TPSA) is 91.2 Å². The second kappa shape index (κ2) is 8.44. The van der Waals surface area contributed by atoms with Crippen molar-refractivity contribution in [2.45, 2.75) is 38.2 Å². The van der Waals surface area contributed by atoms with Gasteiger partial charge in [-0.05, 0) is 25.3 Å². The zero-order valence-corrected chi connectivity index (χ0v) is 17.4. The second-order valence-electron chi connectivity index (χ2n) is 7.54. The molecule has 1 atom stereocenters. The van der Waals surface area contributed by atoms with Crippen LogP contribution in [0.1, 0.15) is 55.0 Å². The third-order valence-electron chi connectivity index (χ3n) is 5.22. The van der Waals surface area contributed by atoms with Crippen molar-refractivity contribution in [3.63, 3.8) is 0 Å². The summed E-state index contributed by atoms with van der Waals surface area (Å²) in [4.78, 5) is 20.7. The number of carbonyl (C=O) groups excluding carboxylic acids is 1. The maximum Gasteiger partial charge on any atom is 0.264 e. The van der Waals surface area contributed by atoms with Crippen LogP contribution in [0.2, 0.25) is 0 Å². The average Bonchev–Trinajstić information content (AvgIpc) is 3.55. The minimum atomic E-state index is -2.70. The summed E-state index contributed by atoms with van der Waals surface area (Å²) < 4.78 is 39.4. The second-order valence-corrected chi connectivity index (χ2v) is 7.54. The van der Waals surface area contributed by atoms with E-state index >= 15 is 0 Å². The van der Waals surface area contributed by atoms with Crippen molar-refractivity contribution in [3.05, 3.63) is 41.2 Å². The van der Waals surface area contributed by atoms with E-state index in [9.17, 15) is 13.6 Å². The zero-order valence-electron chi connectivity index (χ0n) is 17.4. The van der Waals surface area contributed by atoms with E-state index in [1.54, 1.807) is 32.3 Å². The first-order chi connectivity index (χ1) is 14.9. The van der Waals surface area contributed by atoms with Crippen LogP contribution in [0.3, 0.4) is 0 Å². The van der Waals surface area contributed by atoms with Crippen molar-refractivity contribution < 1.29 is 23.0 Å². The maximum absolute atomic E-state index is 13.7. The summed E-state index contributed by atoms with van der Waals surface area (Å²) in [7, 11) is 3.19. The number of rotatable bonds is 8. The molecule has 31 heavy (non-hydrogen) atoms. The van der Waals surface area contributed by atoms with Crippen LogP contribution >= 0.6 is 0 Å². The molecule has 1 aliphatic carbocycles. The van der Waals surface area contributed by atoms with Crippen molar-refractivity contribution in [2.24, 2.45) is 7.05 Å². The van der Waals surface area contributed by atoms with E-state index in [0.29, 0.717) is 22.6 Å². The summed E-state index contributed by atoms with van der Waals surface area (Å²) >= 11 is 0. The highest BCUT2D eigenvalue weighted by atomic mass is 19.3. The van der Waals surface area contributed by atoms with E-state index in [0.717, 1.165) is 18.4 Å². The Morgan fingerprint density at radius 3 is 2.71 bits per heavy atom. The van der Waals surface area contributed by atoms with Gasteiger partial charge in [0.15, 0.2) is 12.3 Å². The molecule has 0 aromatic carbocycles. The molecule has 3 aromatic rings. The molecule has 1 saturated carbocycles. The molecule has 1 amide bonds. The molecule has 10 heteroatoms. The van der Waals surface area contributed by atoms with E-state index in [2.05, 4.69) is 20.4 Å². The molecule has 0 radical (unpaired) electrons. The standard InChI is InChI=1S/C21H23F2N5O3/c1-11(13-6-7-16(30-3)24-9-13)25-15(29)10-31-17-8-14(20(22)23)18-19(12-4-5-12)27-28(2)21(18)26-17/h6-9,11-12,20H,4-5,10H2,1-3H3,(H,25,29). The fourth-order valence-electron chi connectivity index (χ4n) is 3.45. The zero-order chi connectivity index (χ0) is 22.1. The lowest BCUT2D eigenvalue weighted by atomic mass is 10.1. The summed E-state index contributed by atoms with van der Waals surface area (Å²) in [5.74, 6) is 0.228. The Labute approximate surface area is 177 Å². The van der Waals surface area contributed by atoms with Gasteiger partial charge < -0.3 is 14.8 Å². The van der Waals surface area contributed by atoms with Gasteiger partial charge in [-0.15, -0.1) is 0 Å². The van der Waals surface area contributed by atoms with Gasteiger partial charge in [-0.1, -0.05) is 6.07 Å². The fourth-order valence-corrected chi connectivity index (χ4v) is 3.45. The molecule has 3 aromatic heterocycles. The average molecular weight is 431 g/mol. The van der Waals surface area contributed by atoms with Gasteiger partial charge in [-0.25, -0.2) is 13.8 Å². The Bertz CT molecular complexity index is 1100. The monoisotopic (exact) mass is 431 g/mol. The largest absolute Gasteiger partial charge is 0.481 e. The SMILES string of the molecule is COc1ccc(C(C)NC(=O)COc2cc(C(F)F)c3c(C4CC4)nn(C)c3n2)cn1. The van der Waals surface area contributed by atoms with Crippen LogP contribution in [0.15, 0.2) is 24.4 Å². The number of aryl methyl sites for hydroxylation is 1. The summed E-state index contributed by atoms with van der Waals surface area (Å²) in [5, 5.41) is 7.55. The van der Waals surface area contributed by atoms with Gasteiger partial charge in [-0.2, -0.15) is 10.1 Å². The number of carbonyl (C=O) groups is 1. The molecule has 4 rings (SSSR count). The number of pyridine rings is 2. The Hall–Kier alpha value is -3.30. The third-order valence-corrected chi connectivity index (χ3v) is 5.22. The number of alkyl halides is 2. The van der Waals surface area contributed by atoms with Crippen molar-refractivity contribution in [1.82, 2.24) is 25.1 Å². The first-order valence-corrected chi connectivity index (χ1v) is 9.95. The van der Waals surface area contributed by atoms with Crippen molar-refractivity contribution in [1.29, 1.82) is 0 Å². The number of hydrogen-bond donors (Lipinski definition) is 1. The van der Waals surface area contributed by atoms with Crippen LogP contribution in [0.4, 0.5) is 8.78 Å². The quantitative estimate of drug-likeness (QED) is 0.588. The van der Waals surface area contributed by atoms with Gasteiger partial charge in [0.25, 0.3) is 12.3 Å². The molecule has 1 N–H and O–H groups in total. The van der Waals surface area contributed by atoms with Crippen LogP contribution in [0.25, 0.3) is 11.0 Å². The molecule has 0 saturated heterocycles. The number of halogens is 2. The number of hydrogen-bond acceptors (Lipinski definition) is 6. The van der Waals surface area contributed by atoms with E-state index < -0.39 is 12.3 Å². The first-order valence-electron chi connectivity index (χ1n) is 9.95. The van der Waals surface area contributed by atoms with Gasteiger partial charge in [0, 0.05) is 36.9 Å². The van der Waals surface area contributed by atoms with E-state index in [1.165, 1.54) is 17.9 Å². The van der Waals surface area contributed by atoms with Crippen molar-refractivity contribution in [2.75, 3.05) is 13.7 Å². The third kappa shape index (κ3) is 4.42. The highest BCUT2D eigenvalue weighted by Gasteiger charge is 2.32. The van der Waals surface area contributed by atoms with Crippen LogP contribution in [-0.4, -0.2) is 39.4 Å². The highest BCUT2D eigenvalue weighted by Crippen LogP contribution is 2.44. The molecule has 0 bridgehead atoms. The van der Waals surface area contributed by atoms with Crippen LogP contribution in [-0.2, 0) is 11.8 Å². The Kier molecular flexibility index (Phi) is 5.71. The Balaban J connectivity index is 1.47. The minimum absolute atomic E-state index is 0.0398. The van der Waals surface area contributed by atoms with Crippen molar-refractivity contribution in [3.8, 4) is 11.8 Å². The molecule has 1 fully saturated rings. The van der Waals surface area contributed by atoms with Gasteiger partial charge >= 0.3 is 0 Å². The normalized spacial score (nSPS) is 14.6. The summed E-state index contributed by atoms with van der Waals surface area (Å²) in [6.45, 7) is 1.44. The fraction of sp³-hybridized carbons (Fsp3) is 0.429. The molecule has 0 spiro atoms. The van der Waals surface area contributed by atoms with Crippen molar-refractivity contribution >= 4 is 16.9 Å². The number of aromatic nitrogens is 4. The highest BCUT2D eigenvalue weighted by molar-refractivity contribution is 5.84. The predicted molar refractivity (Wildman–Crippen MR) is 108 cm³/mol. The van der Waals surface area contributed by atoms with Gasteiger partial charge in [0.2, 0.25) is 11.8 Å². The van der Waals surface area contributed by atoms with E-state index in [-0.39, 0.29) is 30.0 Å². The number of ether oxygens (including phenoxy) is 2. The van der Waals surface area contributed by atoms with Crippen LogP contribution in [0.5, 0.6) is 11.8 Å². The molecule has 1 unspecified atom stereocenters. The first kappa shape index (κ1) is 21.0. The number of methoxy groups -OCH3 is 1. The van der Waals surface area contributed by atoms with E-state index in [1.807, 2.05) is 0 Å². The predicted octanol–water partition coefficient (Wildman–Crippen LogP) is 3.44. The van der Waals surface area contributed by atoms with E-state index in [4.69, 9.17) is 9.47 Å². The lowest BCUT2D eigenvalue weighted by Crippen LogP contribution is -2.31. The minimum Gasteiger partial charge on any atom is -0.481 e. The summed E-state index contributed by atoms with van der Waals surface area (Å²) in [5.41, 5.74) is 1.60.